The molecule has 0 saturated carbocycles. The topological polar surface area (TPSA) is 69.8 Å². The second-order valence-corrected chi connectivity index (χ2v) is 5.95. The monoisotopic (exact) mass is 270 g/mol. The minimum absolute atomic E-state index is 0.0211. The summed E-state index contributed by atoms with van der Waals surface area (Å²) in [6.45, 7) is 0. The van der Waals surface area contributed by atoms with E-state index in [9.17, 15) is 4.79 Å². The van der Waals surface area contributed by atoms with E-state index in [1.54, 1.807) is 6.20 Å². The fourth-order valence-electron chi connectivity index (χ4n) is 3.52. The van der Waals surface area contributed by atoms with E-state index < -0.39 is 0 Å². The molecule has 2 unspecified atom stereocenters. The first-order valence-electron chi connectivity index (χ1n) is 7.28. The number of fused-ring (bicyclic) bond motifs is 3. The Labute approximate surface area is 117 Å². The summed E-state index contributed by atoms with van der Waals surface area (Å²) in [4.78, 5) is 12.3. The number of nitrogens with zero attached hydrogens (tertiary/aromatic N) is 1. The summed E-state index contributed by atoms with van der Waals surface area (Å²) in [7, 11) is 0. The Bertz CT molecular complexity index is 638. The van der Waals surface area contributed by atoms with Gasteiger partial charge in [-0.3, -0.25) is 9.89 Å². The molecule has 4 rings (SSSR count). The van der Waals surface area contributed by atoms with Crippen LogP contribution in [-0.2, 0) is 0 Å². The molecule has 2 fully saturated rings. The first-order chi connectivity index (χ1) is 9.78. The molecule has 2 aromatic rings. The number of nitrogens with one attached hydrogen (secondary N) is 3. The summed E-state index contributed by atoms with van der Waals surface area (Å²) in [5.41, 5.74) is 1.61. The van der Waals surface area contributed by atoms with Crippen molar-refractivity contribution in [3.05, 3.63) is 30.0 Å². The number of H-pyrrole nitrogens is 1. The molecule has 1 aromatic carbocycles. The highest BCUT2D eigenvalue weighted by Gasteiger charge is 2.34. The third-order valence-corrected chi connectivity index (χ3v) is 4.51. The molecular weight excluding hydrogens is 252 g/mol. The number of benzene rings is 1. The van der Waals surface area contributed by atoms with E-state index in [1.165, 1.54) is 12.8 Å². The van der Waals surface area contributed by atoms with Crippen LogP contribution in [0.3, 0.4) is 0 Å². The maximum Gasteiger partial charge on any atom is 0.251 e. The first-order valence-corrected chi connectivity index (χ1v) is 7.28. The highest BCUT2D eigenvalue weighted by Crippen LogP contribution is 2.27. The van der Waals surface area contributed by atoms with E-state index in [0.717, 1.165) is 23.7 Å². The molecule has 5 heteroatoms. The lowest BCUT2D eigenvalue weighted by Gasteiger charge is -2.29. The third kappa shape index (κ3) is 2.08. The van der Waals surface area contributed by atoms with Crippen LogP contribution < -0.4 is 10.6 Å². The number of amides is 1. The van der Waals surface area contributed by atoms with Crippen molar-refractivity contribution in [1.82, 2.24) is 20.8 Å². The van der Waals surface area contributed by atoms with Gasteiger partial charge in [0, 0.05) is 29.1 Å². The highest BCUT2D eigenvalue weighted by molar-refractivity contribution is 5.97. The molecule has 0 spiro atoms. The number of aromatic amines is 1. The van der Waals surface area contributed by atoms with Crippen LogP contribution in [0, 0.1) is 0 Å². The lowest BCUT2D eigenvalue weighted by molar-refractivity contribution is 0.0924. The number of aromatic nitrogens is 2. The maximum absolute atomic E-state index is 12.3. The average molecular weight is 270 g/mol. The molecule has 2 bridgehead atoms. The van der Waals surface area contributed by atoms with Gasteiger partial charge in [0.25, 0.3) is 5.91 Å². The van der Waals surface area contributed by atoms with E-state index in [0.29, 0.717) is 23.7 Å². The van der Waals surface area contributed by atoms with Crippen molar-refractivity contribution in [2.75, 3.05) is 0 Å². The molecule has 3 N–H and O–H groups in total. The lowest BCUT2D eigenvalue weighted by Crippen LogP contribution is -2.48. The molecule has 5 nitrogen and oxygen atoms in total. The van der Waals surface area contributed by atoms with Gasteiger partial charge in [-0.25, -0.2) is 0 Å². The molecule has 0 aliphatic carbocycles. The Morgan fingerprint density at radius 3 is 2.85 bits per heavy atom. The van der Waals surface area contributed by atoms with Crippen LogP contribution in [0.2, 0.25) is 0 Å². The summed E-state index contributed by atoms with van der Waals surface area (Å²) in [6, 6.07) is 7.15. The normalized spacial score (nSPS) is 28.7. The Hall–Kier alpha value is -1.88. The number of rotatable bonds is 2. The van der Waals surface area contributed by atoms with Crippen molar-refractivity contribution in [3.63, 3.8) is 0 Å². The Kier molecular flexibility index (Phi) is 2.73. The summed E-state index contributed by atoms with van der Waals surface area (Å²) in [5.74, 6) is 0.0211. The number of carbonyl (C=O) groups is 1. The molecule has 2 aliphatic heterocycles. The van der Waals surface area contributed by atoms with E-state index in [2.05, 4.69) is 20.8 Å². The van der Waals surface area contributed by atoms with Gasteiger partial charge in [0.1, 0.15) is 0 Å². The molecule has 1 amide bonds. The standard InChI is InChI=1S/C15H18N4O/c20-15(9-1-2-10-8-16-19-14(10)5-9)18-13-6-11-3-4-12(7-13)17-11/h1-2,5,8,11-13,17H,3-4,6-7H2,(H,16,19)(H,18,20). The zero-order valence-corrected chi connectivity index (χ0v) is 11.2. The van der Waals surface area contributed by atoms with Gasteiger partial charge >= 0.3 is 0 Å². The predicted octanol–water partition coefficient (Wildman–Crippen LogP) is 1.58. The van der Waals surface area contributed by atoms with Crippen LogP contribution in [0.25, 0.3) is 10.9 Å². The van der Waals surface area contributed by atoms with Crippen LogP contribution in [-0.4, -0.2) is 34.2 Å². The Morgan fingerprint density at radius 2 is 2.05 bits per heavy atom. The number of carbonyl (C=O) groups excluding carboxylic acids is 1. The van der Waals surface area contributed by atoms with Crippen LogP contribution in [0.5, 0.6) is 0 Å². The molecule has 2 saturated heterocycles. The van der Waals surface area contributed by atoms with Crippen molar-refractivity contribution >= 4 is 16.8 Å². The van der Waals surface area contributed by atoms with Crippen LogP contribution in [0.1, 0.15) is 36.0 Å². The van der Waals surface area contributed by atoms with Gasteiger partial charge in [-0.2, -0.15) is 5.10 Å². The third-order valence-electron chi connectivity index (χ3n) is 4.51. The van der Waals surface area contributed by atoms with E-state index in [4.69, 9.17) is 0 Å². The van der Waals surface area contributed by atoms with Crippen molar-refractivity contribution < 1.29 is 4.79 Å². The van der Waals surface area contributed by atoms with Gasteiger partial charge in [-0.15, -0.1) is 0 Å². The number of piperidine rings is 1. The Morgan fingerprint density at radius 1 is 1.25 bits per heavy atom. The van der Waals surface area contributed by atoms with E-state index >= 15 is 0 Å². The van der Waals surface area contributed by atoms with Gasteiger partial charge in [-0.1, -0.05) is 6.07 Å². The SMILES string of the molecule is O=C(NC1CC2CCC(C1)N2)c1ccc2cn[nH]c2c1. The molecular formula is C15H18N4O. The second kappa shape index (κ2) is 4.59. The van der Waals surface area contributed by atoms with Crippen molar-refractivity contribution in [1.29, 1.82) is 0 Å². The zero-order valence-electron chi connectivity index (χ0n) is 11.2. The summed E-state index contributed by atoms with van der Waals surface area (Å²) < 4.78 is 0. The van der Waals surface area contributed by atoms with E-state index in [1.807, 2.05) is 18.2 Å². The van der Waals surface area contributed by atoms with Gasteiger partial charge in [0.15, 0.2) is 0 Å². The lowest BCUT2D eigenvalue weighted by atomic mass is 9.99. The van der Waals surface area contributed by atoms with Crippen LogP contribution in [0.4, 0.5) is 0 Å². The zero-order chi connectivity index (χ0) is 13.5. The minimum Gasteiger partial charge on any atom is -0.349 e. The molecule has 0 radical (unpaired) electrons. The largest absolute Gasteiger partial charge is 0.349 e. The van der Waals surface area contributed by atoms with Gasteiger partial charge in [0.05, 0.1) is 11.7 Å². The smallest absolute Gasteiger partial charge is 0.251 e. The van der Waals surface area contributed by atoms with Crippen molar-refractivity contribution in [2.24, 2.45) is 0 Å². The first kappa shape index (κ1) is 11.9. The quantitative estimate of drug-likeness (QED) is 0.776. The predicted molar refractivity (Wildman–Crippen MR) is 76.5 cm³/mol. The maximum atomic E-state index is 12.3. The number of hydrogen-bond acceptors (Lipinski definition) is 3. The van der Waals surface area contributed by atoms with Gasteiger partial charge in [0.2, 0.25) is 0 Å². The minimum atomic E-state index is 0.0211. The fraction of sp³-hybridized carbons (Fsp3) is 0.467. The number of hydrogen-bond donors (Lipinski definition) is 3. The summed E-state index contributed by atoms with van der Waals surface area (Å²) in [6.07, 6.45) is 6.36. The average Bonchev–Trinajstić information content (AvgIpc) is 3.04. The second-order valence-electron chi connectivity index (χ2n) is 5.95. The van der Waals surface area contributed by atoms with E-state index in [-0.39, 0.29) is 5.91 Å². The molecule has 2 aliphatic rings. The highest BCUT2D eigenvalue weighted by atomic mass is 16.1. The van der Waals surface area contributed by atoms with Crippen molar-refractivity contribution in [3.8, 4) is 0 Å². The van der Waals surface area contributed by atoms with Gasteiger partial charge < -0.3 is 10.6 Å². The van der Waals surface area contributed by atoms with Gasteiger partial charge in [-0.05, 0) is 37.8 Å². The molecule has 3 heterocycles. The molecule has 104 valence electrons. The summed E-state index contributed by atoms with van der Waals surface area (Å²) in [5, 5.41) is 14.7. The molecule has 1 aromatic heterocycles. The molecule has 2 atom stereocenters. The van der Waals surface area contributed by atoms with Crippen LogP contribution >= 0.6 is 0 Å². The summed E-state index contributed by atoms with van der Waals surface area (Å²) >= 11 is 0. The molecule has 20 heavy (non-hydrogen) atoms. The Balaban J connectivity index is 1.49. The fourth-order valence-corrected chi connectivity index (χ4v) is 3.52. The van der Waals surface area contributed by atoms with Crippen LogP contribution in [0.15, 0.2) is 24.4 Å². The van der Waals surface area contributed by atoms with Crippen molar-refractivity contribution in [2.45, 2.75) is 43.8 Å².